The third kappa shape index (κ3) is 3.90. The molecule has 2 aromatic heterocycles. The second-order valence-corrected chi connectivity index (χ2v) is 7.11. The normalized spacial score (nSPS) is 11.4. The number of H-pyrrole nitrogens is 1. The summed E-state index contributed by atoms with van der Waals surface area (Å²) >= 11 is 6.15. The van der Waals surface area contributed by atoms with Crippen molar-refractivity contribution in [1.82, 2.24) is 19.1 Å². The summed E-state index contributed by atoms with van der Waals surface area (Å²) in [6.07, 6.45) is 2.25. The van der Waals surface area contributed by atoms with Crippen LogP contribution in [0.15, 0.2) is 69.3 Å². The quantitative estimate of drug-likeness (QED) is 0.369. The lowest BCUT2D eigenvalue weighted by molar-refractivity contribution is 0.716. The lowest BCUT2D eigenvalue weighted by Crippen LogP contribution is -2.29. The molecule has 0 saturated heterocycles. The largest absolute Gasteiger partial charge is 0.329 e. The fourth-order valence-corrected chi connectivity index (χ4v) is 3.35. The van der Waals surface area contributed by atoms with Crippen molar-refractivity contribution in [2.45, 2.75) is 13.0 Å². The molecule has 0 aliphatic rings. The van der Waals surface area contributed by atoms with Crippen LogP contribution in [0.2, 0.25) is 5.02 Å². The summed E-state index contributed by atoms with van der Waals surface area (Å²) < 4.78 is 3.03. The zero-order chi connectivity index (χ0) is 21.1. The molecule has 2 aromatic carbocycles. The van der Waals surface area contributed by atoms with Crippen molar-refractivity contribution in [3.63, 3.8) is 0 Å². The van der Waals surface area contributed by atoms with Crippen LogP contribution in [0.4, 0.5) is 5.95 Å². The van der Waals surface area contributed by atoms with Crippen LogP contribution >= 0.6 is 11.6 Å². The molecule has 30 heavy (non-hydrogen) atoms. The van der Waals surface area contributed by atoms with Crippen LogP contribution in [-0.4, -0.2) is 25.3 Å². The van der Waals surface area contributed by atoms with Gasteiger partial charge in [-0.3, -0.25) is 14.3 Å². The number of hydrogen-bond acceptors (Lipinski definition) is 5. The number of aryl methyl sites for hydroxylation is 3. The van der Waals surface area contributed by atoms with Crippen molar-refractivity contribution >= 4 is 34.9 Å². The zero-order valence-electron chi connectivity index (χ0n) is 16.2. The van der Waals surface area contributed by atoms with E-state index in [-0.39, 0.29) is 5.65 Å². The summed E-state index contributed by atoms with van der Waals surface area (Å²) in [5.41, 5.74) is 4.32. The monoisotopic (exact) mass is 422 g/mol. The van der Waals surface area contributed by atoms with Crippen molar-refractivity contribution in [3.8, 4) is 0 Å². The van der Waals surface area contributed by atoms with Gasteiger partial charge in [-0.25, -0.2) is 10.2 Å². The molecule has 4 aromatic rings. The number of aromatic nitrogens is 4. The first-order chi connectivity index (χ1) is 14.5. The van der Waals surface area contributed by atoms with Gasteiger partial charge in [-0.1, -0.05) is 60.1 Å². The average Bonchev–Trinajstić information content (AvgIpc) is 3.12. The number of imidazole rings is 1. The highest BCUT2D eigenvalue weighted by Gasteiger charge is 2.17. The van der Waals surface area contributed by atoms with Gasteiger partial charge in [-0.05, 0) is 18.1 Å². The van der Waals surface area contributed by atoms with Gasteiger partial charge in [0.1, 0.15) is 0 Å². The van der Waals surface area contributed by atoms with E-state index >= 15 is 0 Å². The Morgan fingerprint density at radius 2 is 1.87 bits per heavy atom. The maximum atomic E-state index is 12.5. The fourth-order valence-electron chi connectivity index (χ4n) is 3.16. The minimum atomic E-state index is -0.522. The molecule has 0 spiro atoms. The molecule has 0 amide bonds. The summed E-state index contributed by atoms with van der Waals surface area (Å²) in [7, 11) is 1.56. The molecule has 0 bridgehead atoms. The molecule has 2 heterocycles. The third-order valence-electron chi connectivity index (χ3n) is 4.75. The van der Waals surface area contributed by atoms with Gasteiger partial charge in [0.25, 0.3) is 5.56 Å². The van der Waals surface area contributed by atoms with Crippen LogP contribution in [0, 0.1) is 0 Å². The van der Waals surface area contributed by atoms with Crippen molar-refractivity contribution in [1.29, 1.82) is 0 Å². The molecule has 152 valence electrons. The first kappa shape index (κ1) is 19.7. The molecule has 9 heteroatoms. The van der Waals surface area contributed by atoms with E-state index in [4.69, 9.17) is 11.6 Å². The van der Waals surface area contributed by atoms with Gasteiger partial charge in [-0.15, -0.1) is 0 Å². The van der Waals surface area contributed by atoms with Gasteiger partial charge in [0.05, 0.1) is 6.21 Å². The molecule has 0 radical (unpaired) electrons. The second-order valence-electron chi connectivity index (χ2n) is 6.70. The molecule has 0 atom stereocenters. The van der Waals surface area contributed by atoms with Crippen molar-refractivity contribution in [3.05, 3.63) is 91.6 Å². The van der Waals surface area contributed by atoms with E-state index in [0.717, 1.165) is 11.1 Å². The van der Waals surface area contributed by atoms with E-state index in [0.29, 0.717) is 29.5 Å². The van der Waals surface area contributed by atoms with Crippen molar-refractivity contribution < 1.29 is 0 Å². The number of aromatic amines is 1. The summed E-state index contributed by atoms with van der Waals surface area (Å²) in [5.74, 6) is 0.357. The van der Waals surface area contributed by atoms with Crippen molar-refractivity contribution in [2.24, 2.45) is 12.1 Å². The highest BCUT2D eigenvalue weighted by molar-refractivity contribution is 6.33. The second kappa shape index (κ2) is 8.38. The Morgan fingerprint density at radius 1 is 1.13 bits per heavy atom. The van der Waals surface area contributed by atoms with E-state index in [1.54, 1.807) is 23.9 Å². The number of benzene rings is 2. The van der Waals surface area contributed by atoms with Gasteiger partial charge < -0.3 is 4.57 Å². The molecule has 0 aliphatic carbocycles. The predicted octanol–water partition coefficient (Wildman–Crippen LogP) is 2.77. The maximum absolute atomic E-state index is 12.5. The Kier molecular flexibility index (Phi) is 5.49. The molecule has 4 rings (SSSR count). The Hall–Kier alpha value is -3.65. The number of hydrogen-bond donors (Lipinski definition) is 2. The van der Waals surface area contributed by atoms with Crippen LogP contribution in [0.3, 0.4) is 0 Å². The van der Waals surface area contributed by atoms with E-state index in [9.17, 15) is 9.59 Å². The molecule has 0 unspecified atom stereocenters. The summed E-state index contributed by atoms with van der Waals surface area (Å²) in [5, 5.41) is 4.79. The molecule has 8 nitrogen and oxygen atoms in total. The van der Waals surface area contributed by atoms with Crippen LogP contribution < -0.4 is 16.7 Å². The Balaban J connectivity index is 1.72. The topological polar surface area (TPSA) is 97.1 Å². The zero-order valence-corrected chi connectivity index (χ0v) is 16.9. The maximum Gasteiger partial charge on any atom is 0.329 e. The predicted molar refractivity (Wildman–Crippen MR) is 118 cm³/mol. The Morgan fingerprint density at radius 3 is 2.63 bits per heavy atom. The van der Waals surface area contributed by atoms with E-state index in [2.05, 4.69) is 20.5 Å². The Bertz CT molecular complexity index is 1340. The average molecular weight is 423 g/mol. The molecule has 2 N–H and O–H groups in total. The lowest BCUT2D eigenvalue weighted by Gasteiger charge is -2.08. The van der Waals surface area contributed by atoms with Gasteiger partial charge in [0.2, 0.25) is 5.95 Å². The summed E-state index contributed by atoms with van der Waals surface area (Å²) in [6.45, 7) is 0.478. The van der Waals surface area contributed by atoms with Gasteiger partial charge in [-0.2, -0.15) is 10.1 Å². The lowest BCUT2D eigenvalue weighted by atomic mass is 10.1. The van der Waals surface area contributed by atoms with E-state index in [1.807, 2.05) is 48.5 Å². The van der Waals surface area contributed by atoms with E-state index < -0.39 is 11.2 Å². The van der Waals surface area contributed by atoms with Crippen LogP contribution in [-0.2, 0) is 20.0 Å². The van der Waals surface area contributed by atoms with Crippen LogP contribution in [0.1, 0.15) is 11.1 Å². The number of nitrogens with zero attached hydrogens (tertiary/aromatic N) is 4. The first-order valence-electron chi connectivity index (χ1n) is 9.31. The highest BCUT2D eigenvalue weighted by Crippen LogP contribution is 2.17. The van der Waals surface area contributed by atoms with Crippen LogP contribution in [0.25, 0.3) is 11.2 Å². The number of hydrazone groups is 1. The molecule has 0 fully saturated rings. The fraction of sp³-hybridized carbons (Fsp3) is 0.143. The van der Waals surface area contributed by atoms with Gasteiger partial charge in [0.15, 0.2) is 11.2 Å². The number of nitrogens with one attached hydrogen (secondary N) is 2. The number of rotatable bonds is 6. The van der Waals surface area contributed by atoms with Crippen molar-refractivity contribution in [2.75, 3.05) is 5.43 Å². The van der Waals surface area contributed by atoms with Gasteiger partial charge in [0, 0.05) is 24.2 Å². The minimum absolute atomic E-state index is 0.284. The standard InChI is InChI=1S/C21H19ClN6O2/c1-27-18-17(19(29)25-21(27)30)28(12-11-14-7-3-2-4-8-14)20(24-18)26-23-13-15-9-5-6-10-16(15)22/h2-10,13H,11-12H2,1H3,(H,24,26)(H,25,29,30)/b23-13+. The Labute approximate surface area is 176 Å². The number of anilines is 1. The minimum Gasteiger partial charge on any atom is -0.303 e. The van der Waals surface area contributed by atoms with Gasteiger partial charge >= 0.3 is 5.69 Å². The molecule has 0 saturated carbocycles. The van der Waals surface area contributed by atoms with Crippen LogP contribution in [0.5, 0.6) is 0 Å². The summed E-state index contributed by atoms with van der Waals surface area (Å²) in [4.78, 5) is 31.3. The number of fused-ring (bicyclic) bond motifs is 1. The first-order valence-corrected chi connectivity index (χ1v) is 9.69. The SMILES string of the molecule is Cn1c(=O)[nH]c(=O)c2c1nc(N/N=C/c1ccccc1Cl)n2CCc1ccccc1. The number of halogens is 1. The third-order valence-corrected chi connectivity index (χ3v) is 5.09. The molecular weight excluding hydrogens is 404 g/mol. The molecular formula is C21H19ClN6O2. The smallest absolute Gasteiger partial charge is 0.303 e. The highest BCUT2D eigenvalue weighted by atomic mass is 35.5. The summed E-state index contributed by atoms with van der Waals surface area (Å²) in [6, 6.07) is 17.2. The molecule has 0 aliphatic heterocycles. The van der Waals surface area contributed by atoms with E-state index in [1.165, 1.54) is 4.57 Å².